The summed E-state index contributed by atoms with van der Waals surface area (Å²) in [5, 5.41) is 0. The molecule has 0 atom stereocenters. The number of esters is 1. The van der Waals surface area contributed by atoms with Gasteiger partial charge in [0.2, 0.25) is 0 Å². The number of benzene rings is 4. The van der Waals surface area contributed by atoms with Gasteiger partial charge >= 0.3 is 5.97 Å². The summed E-state index contributed by atoms with van der Waals surface area (Å²) in [5.41, 5.74) is 2.64. The lowest BCUT2D eigenvalue weighted by atomic mass is 10.0. The molecular weight excluding hydrogens is 642 g/mol. The molecule has 4 aromatic carbocycles. The summed E-state index contributed by atoms with van der Waals surface area (Å²) in [6, 6.07) is 25.7. The van der Waals surface area contributed by atoms with E-state index in [-0.39, 0.29) is 13.2 Å². The smallest absolute Gasteiger partial charge is 0.326 e. The first-order valence-corrected chi connectivity index (χ1v) is 14.0. The third kappa shape index (κ3) is 6.66. The summed E-state index contributed by atoms with van der Waals surface area (Å²) in [6.45, 7) is 1.62. The molecule has 40 heavy (non-hydrogen) atoms. The predicted molar refractivity (Wildman–Crippen MR) is 162 cm³/mol. The summed E-state index contributed by atoms with van der Waals surface area (Å²) in [6.07, 6.45) is 0. The highest BCUT2D eigenvalue weighted by Crippen LogP contribution is 2.42. The number of ether oxygens (including phenoxy) is 4. The number of carbonyl (C=O) groups excluding carboxylic acids is 2. The minimum Gasteiger partial charge on any atom is -0.496 e. The minimum absolute atomic E-state index is 0.197. The van der Waals surface area contributed by atoms with Crippen LogP contribution in [0.5, 0.6) is 23.0 Å². The number of amides is 1. The first-order valence-electron chi connectivity index (χ1n) is 12.4. The van der Waals surface area contributed by atoms with Crippen LogP contribution in [0.2, 0.25) is 0 Å². The van der Waals surface area contributed by atoms with Crippen LogP contribution in [-0.4, -0.2) is 39.2 Å². The van der Waals surface area contributed by atoms with E-state index in [0.717, 1.165) is 16.9 Å². The Kier molecular flexibility index (Phi) is 9.84. The number of hydrogen-bond donors (Lipinski definition) is 0. The first kappa shape index (κ1) is 29.2. The number of para-hydroxylation sites is 1. The van der Waals surface area contributed by atoms with Crippen molar-refractivity contribution in [1.29, 1.82) is 0 Å². The zero-order valence-corrected chi connectivity index (χ0v) is 25.3. The first-order chi connectivity index (χ1) is 19.4. The Morgan fingerprint density at radius 3 is 2.10 bits per heavy atom. The van der Waals surface area contributed by atoms with Crippen molar-refractivity contribution >= 4 is 49.4 Å². The van der Waals surface area contributed by atoms with Crippen LogP contribution in [0.15, 0.2) is 93.9 Å². The Morgan fingerprint density at radius 1 is 0.800 bits per heavy atom. The van der Waals surface area contributed by atoms with Gasteiger partial charge in [-0.25, -0.2) is 0 Å². The molecule has 0 aliphatic rings. The summed E-state index contributed by atoms with van der Waals surface area (Å²) in [5.74, 6) is 1.24. The second-order valence-corrected chi connectivity index (χ2v) is 10.2. The largest absolute Gasteiger partial charge is 0.496 e. The summed E-state index contributed by atoms with van der Waals surface area (Å²) in [7, 11) is 3.12. The number of hydrogen-bond acceptors (Lipinski definition) is 6. The normalized spacial score (nSPS) is 10.5. The third-order valence-corrected chi connectivity index (χ3v) is 7.12. The number of rotatable bonds is 10. The minimum atomic E-state index is -0.537. The number of anilines is 1. The molecule has 0 saturated heterocycles. The van der Waals surface area contributed by atoms with Crippen molar-refractivity contribution in [3.8, 4) is 34.1 Å². The Labute approximate surface area is 249 Å². The molecule has 0 radical (unpaired) electrons. The van der Waals surface area contributed by atoms with Crippen molar-refractivity contribution in [3.05, 3.63) is 99.4 Å². The fourth-order valence-electron chi connectivity index (χ4n) is 4.09. The third-order valence-electron chi connectivity index (χ3n) is 5.95. The lowest BCUT2D eigenvalue weighted by Gasteiger charge is -2.24. The molecule has 0 fully saturated rings. The van der Waals surface area contributed by atoms with Crippen molar-refractivity contribution < 1.29 is 28.5 Å². The maximum Gasteiger partial charge on any atom is 0.326 e. The maximum absolute atomic E-state index is 13.7. The van der Waals surface area contributed by atoms with E-state index in [1.165, 1.54) is 12.0 Å². The molecule has 0 spiro atoms. The van der Waals surface area contributed by atoms with Crippen molar-refractivity contribution in [1.82, 2.24) is 0 Å². The van der Waals surface area contributed by atoms with Gasteiger partial charge in [0.1, 0.15) is 23.8 Å². The highest BCUT2D eigenvalue weighted by atomic mass is 79.9. The molecule has 0 aromatic heterocycles. The van der Waals surface area contributed by atoms with E-state index in [4.69, 9.17) is 18.9 Å². The maximum atomic E-state index is 13.7. The summed E-state index contributed by atoms with van der Waals surface area (Å²) in [4.78, 5) is 27.5. The van der Waals surface area contributed by atoms with E-state index < -0.39 is 11.9 Å². The zero-order chi connectivity index (χ0) is 28.6. The monoisotopic (exact) mass is 667 g/mol. The molecule has 4 rings (SSSR count). The zero-order valence-electron chi connectivity index (χ0n) is 22.1. The molecule has 7 nitrogen and oxygen atoms in total. The van der Waals surface area contributed by atoms with E-state index in [9.17, 15) is 9.59 Å². The lowest BCUT2D eigenvalue weighted by molar-refractivity contribution is -0.141. The SMILES string of the molecule is CCOC(=O)CN(C(=O)c1ccccc1OC)c1cc(Br)c(Oc2ccc(OC)c(-c3ccccc3)c2)c(Br)c1. The van der Waals surface area contributed by atoms with Gasteiger partial charge in [-0.15, -0.1) is 0 Å². The fourth-order valence-corrected chi connectivity index (χ4v) is 5.42. The van der Waals surface area contributed by atoms with E-state index in [1.807, 2.05) is 48.5 Å². The van der Waals surface area contributed by atoms with Crippen molar-refractivity contribution in [3.63, 3.8) is 0 Å². The van der Waals surface area contributed by atoms with Gasteiger partial charge in [-0.1, -0.05) is 42.5 Å². The van der Waals surface area contributed by atoms with Gasteiger partial charge in [0, 0.05) is 11.3 Å². The number of nitrogens with zero attached hydrogens (tertiary/aromatic N) is 1. The lowest BCUT2D eigenvalue weighted by Crippen LogP contribution is -2.37. The molecule has 0 heterocycles. The Morgan fingerprint density at radius 2 is 1.45 bits per heavy atom. The number of halogens is 2. The van der Waals surface area contributed by atoms with Crippen LogP contribution in [0.25, 0.3) is 11.1 Å². The van der Waals surface area contributed by atoms with Gasteiger partial charge in [0.05, 0.1) is 35.3 Å². The second-order valence-electron chi connectivity index (χ2n) is 8.47. The Bertz CT molecular complexity index is 1490. The highest BCUT2D eigenvalue weighted by molar-refractivity contribution is 9.11. The molecule has 1 amide bonds. The molecule has 0 unspecified atom stereocenters. The van der Waals surface area contributed by atoms with Gasteiger partial charge in [0.15, 0.2) is 5.75 Å². The van der Waals surface area contributed by atoms with E-state index >= 15 is 0 Å². The van der Waals surface area contributed by atoms with E-state index in [1.54, 1.807) is 50.4 Å². The van der Waals surface area contributed by atoms with Gasteiger partial charge in [-0.2, -0.15) is 0 Å². The number of methoxy groups -OCH3 is 2. The Balaban J connectivity index is 1.70. The summed E-state index contributed by atoms with van der Waals surface area (Å²) >= 11 is 7.17. The quantitative estimate of drug-likeness (QED) is 0.160. The predicted octanol–water partition coefficient (Wildman–Crippen LogP) is 7.90. The van der Waals surface area contributed by atoms with Crippen LogP contribution >= 0.6 is 31.9 Å². The number of carbonyl (C=O) groups is 2. The van der Waals surface area contributed by atoms with Crippen molar-refractivity contribution in [2.24, 2.45) is 0 Å². The van der Waals surface area contributed by atoms with Gasteiger partial charge < -0.3 is 18.9 Å². The van der Waals surface area contributed by atoms with Crippen LogP contribution in [0.1, 0.15) is 17.3 Å². The molecule has 0 N–H and O–H groups in total. The van der Waals surface area contributed by atoms with Crippen LogP contribution < -0.4 is 19.1 Å². The van der Waals surface area contributed by atoms with Gasteiger partial charge in [-0.05, 0) is 86.8 Å². The van der Waals surface area contributed by atoms with Crippen LogP contribution in [-0.2, 0) is 9.53 Å². The van der Waals surface area contributed by atoms with Gasteiger partial charge in [-0.3, -0.25) is 14.5 Å². The molecular formula is C31H27Br2NO6. The van der Waals surface area contributed by atoms with Crippen LogP contribution in [0.4, 0.5) is 5.69 Å². The second kappa shape index (κ2) is 13.5. The van der Waals surface area contributed by atoms with E-state index in [2.05, 4.69) is 31.9 Å². The summed E-state index contributed by atoms with van der Waals surface area (Å²) < 4.78 is 23.5. The molecule has 0 aliphatic heterocycles. The standard InChI is InChI=1S/C31H27Br2NO6/c1-4-39-29(35)19-34(31(36)23-12-8-9-13-27(23)37-2)21-16-25(32)30(26(33)17-21)40-22-14-15-28(38-3)24(18-22)20-10-6-5-7-11-20/h5-18H,4,19H2,1-3H3. The molecule has 4 aromatic rings. The topological polar surface area (TPSA) is 74.3 Å². The average molecular weight is 669 g/mol. The molecule has 0 saturated carbocycles. The van der Waals surface area contributed by atoms with Crippen molar-refractivity contribution in [2.75, 3.05) is 32.3 Å². The van der Waals surface area contributed by atoms with Gasteiger partial charge in [0.25, 0.3) is 5.91 Å². The highest BCUT2D eigenvalue weighted by Gasteiger charge is 2.26. The molecule has 206 valence electrons. The average Bonchev–Trinajstić information content (AvgIpc) is 2.97. The van der Waals surface area contributed by atoms with E-state index in [0.29, 0.717) is 37.4 Å². The molecule has 0 bridgehead atoms. The molecule has 9 heteroatoms. The fraction of sp³-hybridized carbons (Fsp3) is 0.161. The van der Waals surface area contributed by atoms with Crippen LogP contribution in [0, 0.1) is 0 Å². The molecule has 0 aliphatic carbocycles. The van der Waals surface area contributed by atoms with Crippen molar-refractivity contribution in [2.45, 2.75) is 6.92 Å². The Hall–Kier alpha value is -3.82. The van der Waals surface area contributed by atoms with Crippen LogP contribution in [0.3, 0.4) is 0 Å².